The van der Waals surface area contributed by atoms with Crippen LogP contribution in [0.4, 0.5) is 18.0 Å². The van der Waals surface area contributed by atoms with Crippen molar-refractivity contribution in [2.75, 3.05) is 20.1 Å². The molecular formula is C17H22F3N3O2. The zero-order chi connectivity index (χ0) is 18.8. The molecule has 1 fully saturated rings. The molecule has 8 heteroatoms. The van der Waals surface area contributed by atoms with E-state index in [4.69, 9.17) is 0 Å². The fraction of sp³-hybridized carbons (Fsp3) is 0.529. The van der Waals surface area contributed by atoms with E-state index in [1.165, 1.54) is 17.0 Å². The second-order valence-electron chi connectivity index (χ2n) is 6.80. The average molecular weight is 357 g/mol. The van der Waals surface area contributed by atoms with Crippen LogP contribution in [0.1, 0.15) is 31.4 Å². The summed E-state index contributed by atoms with van der Waals surface area (Å²) in [5.41, 5.74) is -0.768. The number of alkyl halides is 3. The summed E-state index contributed by atoms with van der Waals surface area (Å²) in [4.78, 5) is 27.0. The van der Waals surface area contributed by atoms with Crippen LogP contribution >= 0.6 is 0 Å². The van der Waals surface area contributed by atoms with Crippen molar-refractivity contribution < 1.29 is 22.8 Å². The summed E-state index contributed by atoms with van der Waals surface area (Å²) < 4.78 is 37.6. The summed E-state index contributed by atoms with van der Waals surface area (Å²) in [6.45, 7) is 4.72. The number of halogens is 3. The number of nitrogens with zero attached hydrogens (tertiary/aromatic N) is 2. The molecule has 1 heterocycles. The van der Waals surface area contributed by atoms with Crippen LogP contribution in [0, 0.1) is 0 Å². The SMILES string of the molecule is CN(CCCN1C(=O)NC(C)(C)C1=O)Cc1ccc(C(F)(F)F)cc1. The lowest BCUT2D eigenvalue weighted by atomic mass is 10.1. The second-order valence-corrected chi connectivity index (χ2v) is 6.80. The normalized spacial score (nSPS) is 17.3. The standard InChI is InChI=1S/C17H22F3N3O2/c1-16(2)14(24)23(15(25)21-16)10-4-9-22(3)11-12-5-7-13(8-6-12)17(18,19)20/h5-8H,4,9-11H2,1-3H3,(H,21,25). The summed E-state index contributed by atoms with van der Waals surface area (Å²) in [6.07, 6.45) is -3.74. The third kappa shape index (κ3) is 4.72. The fourth-order valence-electron chi connectivity index (χ4n) is 2.71. The highest BCUT2D eigenvalue weighted by Gasteiger charge is 2.43. The minimum Gasteiger partial charge on any atom is -0.324 e. The van der Waals surface area contributed by atoms with Gasteiger partial charge in [-0.1, -0.05) is 12.1 Å². The Hall–Kier alpha value is -2.09. The summed E-state index contributed by atoms with van der Waals surface area (Å²) in [5.74, 6) is -0.247. The van der Waals surface area contributed by atoms with Crippen LogP contribution in [0.25, 0.3) is 0 Å². The predicted octanol–water partition coefficient (Wildman–Crippen LogP) is 2.86. The molecule has 2 rings (SSSR count). The first-order chi connectivity index (χ1) is 11.5. The van der Waals surface area contributed by atoms with Crippen LogP contribution < -0.4 is 5.32 Å². The van der Waals surface area contributed by atoms with Crippen molar-refractivity contribution in [3.05, 3.63) is 35.4 Å². The zero-order valence-electron chi connectivity index (χ0n) is 14.5. The van der Waals surface area contributed by atoms with E-state index < -0.39 is 17.3 Å². The van der Waals surface area contributed by atoms with Crippen LogP contribution in [0.5, 0.6) is 0 Å². The van der Waals surface area contributed by atoms with Crippen molar-refractivity contribution >= 4 is 11.9 Å². The molecule has 138 valence electrons. The maximum absolute atomic E-state index is 12.5. The van der Waals surface area contributed by atoms with E-state index in [1.54, 1.807) is 13.8 Å². The number of urea groups is 1. The largest absolute Gasteiger partial charge is 0.416 e. The molecule has 3 amide bonds. The first-order valence-corrected chi connectivity index (χ1v) is 7.99. The Bertz CT molecular complexity index is 642. The van der Waals surface area contributed by atoms with Gasteiger partial charge in [-0.3, -0.25) is 9.69 Å². The van der Waals surface area contributed by atoms with E-state index in [2.05, 4.69) is 5.32 Å². The summed E-state index contributed by atoms with van der Waals surface area (Å²) in [6, 6.07) is 4.66. The number of rotatable bonds is 6. The minimum absolute atomic E-state index is 0.247. The number of nitrogens with one attached hydrogen (secondary N) is 1. The van der Waals surface area contributed by atoms with E-state index in [0.717, 1.165) is 17.7 Å². The van der Waals surface area contributed by atoms with Gasteiger partial charge in [-0.05, 0) is 51.6 Å². The van der Waals surface area contributed by atoms with Crippen molar-refractivity contribution in [1.82, 2.24) is 15.1 Å². The Kier molecular flexibility index (Phi) is 5.41. The fourth-order valence-corrected chi connectivity index (χ4v) is 2.71. The maximum Gasteiger partial charge on any atom is 0.416 e. The molecule has 0 bridgehead atoms. The highest BCUT2D eigenvalue weighted by atomic mass is 19.4. The van der Waals surface area contributed by atoms with Crippen molar-refractivity contribution in [3.63, 3.8) is 0 Å². The molecule has 1 N–H and O–H groups in total. The molecule has 0 radical (unpaired) electrons. The van der Waals surface area contributed by atoms with Gasteiger partial charge in [-0.25, -0.2) is 4.79 Å². The predicted molar refractivity (Wildman–Crippen MR) is 86.7 cm³/mol. The van der Waals surface area contributed by atoms with Crippen molar-refractivity contribution in [2.45, 2.75) is 38.5 Å². The zero-order valence-corrected chi connectivity index (χ0v) is 14.5. The number of hydrogen-bond acceptors (Lipinski definition) is 3. The van der Waals surface area contributed by atoms with Crippen LogP contribution in [0.15, 0.2) is 24.3 Å². The van der Waals surface area contributed by atoms with E-state index in [-0.39, 0.29) is 11.9 Å². The smallest absolute Gasteiger partial charge is 0.324 e. The summed E-state index contributed by atoms with van der Waals surface area (Å²) in [5, 5.41) is 2.62. The molecule has 0 atom stereocenters. The highest BCUT2D eigenvalue weighted by molar-refractivity contribution is 6.06. The van der Waals surface area contributed by atoms with E-state index in [1.807, 2.05) is 11.9 Å². The first kappa shape index (κ1) is 19.2. The molecule has 0 spiro atoms. The average Bonchev–Trinajstić information content (AvgIpc) is 2.68. The van der Waals surface area contributed by atoms with Crippen molar-refractivity contribution in [2.24, 2.45) is 0 Å². The van der Waals surface area contributed by atoms with Gasteiger partial charge in [0.05, 0.1) is 5.56 Å². The number of carbonyl (C=O) groups is 2. The van der Waals surface area contributed by atoms with Crippen molar-refractivity contribution in [1.29, 1.82) is 0 Å². The molecular weight excluding hydrogens is 335 g/mol. The van der Waals surface area contributed by atoms with Gasteiger partial charge in [0, 0.05) is 13.1 Å². The van der Waals surface area contributed by atoms with Crippen LogP contribution in [0.2, 0.25) is 0 Å². The molecule has 1 aliphatic rings. The van der Waals surface area contributed by atoms with Crippen LogP contribution in [-0.4, -0.2) is 47.4 Å². The van der Waals surface area contributed by atoms with E-state index in [9.17, 15) is 22.8 Å². The van der Waals surface area contributed by atoms with E-state index >= 15 is 0 Å². The molecule has 0 saturated carbocycles. The van der Waals surface area contributed by atoms with E-state index in [0.29, 0.717) is 26.1 Å². The third-order valence-corrected chi connectivity index (χ3v) is 4.10. The number of amides is 3. The van der Waals surface area contributed by atoms with Crippen LogP contribution in [-0.2, 0) is 17.5 Å². The van der Waals surface area contributed by atoms with Gasteiger partial charge in [0.2, 0.25) is 0 Å². The minimum atomic E-state index is -4.33. The second kappa shape index (κ2) is 7.03. The Labute approximate surface area is 144 Å². The quantitative estimate of drug-likeness (QED) is 0.797. The third-order valence-electron chi connectivity index (χ3n) is 4.10. The molecule has 25 heavy (non-hydrogen) atoms. The molecule has 0 unspecified atom stereocenters. The molecule has 1 saturated heterocycles. The topological polar surface area (TPSA) is 52.6 Å². The Morgan fingerprint density at radius 2 is 1.76 bits per heavy atom. The number of carbonyl (C=O) groups excluding carboxylic acids is 2. The number of hydrogen-bond donors (Lipinski definition) is 1. The van der Waals surface area contributed by atoms with Gasteiger partial charge >= 0.3 is 12.2 Å². The molecule has 0 aliphatic carbocycles. The maximum atomic E-state index is 12.5. The lowest BCUT2D eigenvalue weighted by Crippen LogP contribution is -2.40. The number of benzene rings is 1. The Morgan fingerprint density at radius 3 is 2.24 bits per heavy atom. The lowest BCUT2D eigenvalue weighted by molar-refractivity contribution is -0.137. The van der Waals surface area contributed by atoms with Gasteiger partial charge in [0.15, 0.2) is 0 Å². The van der Waals surface area contributed by atoms with Gasteiger partial charge in [-0.15, -0.1) is 0 Å². The Balaban J connectivity index is 1.80. The Morgan fingerprint density at radius 1 is 1.16 bits per heavy atom. The van der Waals surface area contributed by atoms with Gasteiger partial charge in [0.1, 0.15) is 5.54 Å². The van der Waals surface area contributed by atoms with Gasteiger partial charge in [0.25, 0.3) is 5.91 Å². The van der Waals surface area contributed by atoms with Crippen LogP contribution in [0.3, 0.4) is 0 Å². The molecule has 1 aromatic carbocycles. The van der Waals surface area contributed by atoms with Gasteiger partial charge in [-0.2, -0.15) is 13.2 Å². The van der Waals surface area contributed by atoms with Crippen molar-refractivity contribution in [3.8, 4) is 0 Å². The first-order valence-electron chi connectivity index (χ1n) is 7.99. The molecule has 1 aromatic rings. The van der Waals surface area contributed by atoms with Gasteiger partial charge < -0.3 is 10.2 Å². The molecule has 0 aromatic heterocycles. The summed E-state index contributed by atoms with van der Waals surface area (Å²) >= 11 is 0. The highest BCUT2D eigenvalue weighted by Crippen LogP contribution is 2.29. The lowest BCUT2D eigenvalue weighted by Gasteiger charge is -2.19. The summed E-state index contributed by atoms with van der Waals surface area (Å²) in [7, 11) is 1.84. The monoisotopic (exact) mass is 357 g/mol. The number of imide groups is 1. The molecule has 1 aliphatic heterocycles. The molecule has 5 nitrogen and oxygen atoms in total.